The van der Waals surface area contributed by atoms with Gasteiger partial charge < -0.3 is 9.80 Å². The number of pyridine rings is 1. The number of nitrogens with zero attached hydrogens (tertiary/aromatic N) is 8. The fourth-order valence-electron chi connectivity index (χ4n) is 4.19. The van der Waals surface area contributed by atoms with E-state index in [1.807, 2.05) is 24.4 Å². The third kappa shape index (κ3) is 3.67. The van der Waals surface area contributed by atoms with Crippen molar-refractivity contribution in [3.05, 3.63) is 67.0 Å². The van der Waals surface area contributed by atoms with Crippen LogP contribution in [0, 0.1) is 5.82 Å². The Bertz CT molecular complexity index is 1470. The Hall–Kier alpha value is -4.18. The highest BCUT2D eigenvalue weighted by Crippen LogP contribution is 2.29. The van der Waals surface area contributed by atoms with Gasteiger partial charge in [0.15, 0.2) is 11.6 Å². The second-order valence-corrected chi connectivity index (χ2v) is 8.34. The van der Waals surface area contributed by atoms with Gasteiger partial charge in [-0.15, -0.1) is 0 Å². The van der Waals surface area contributed by atoms with Crippen molar-refractivity contribution in [1.82, 2.24) is 39.8 Å². The third-order valence-electron chi connectivity index (χ3n) is 6.11. The molecule has 1 N–H and O–H groups in total. The summed E-state index contributed by atoms with van der Waals surface area (Å²) in [5.41, 5.74) is 2.48. The third-order valence-corrected chi connectivity index (χ3v) is 6.11. The highest BCUT2D eigenvalue weighted by Gasteiger charge is 2.17. The topological polar surface area (TPSA) is 91.7 Å². The minimum Gasteiger partial charge on any atom is -0.354 e. The van der Waals surface area contributed by atoms with Gasteiger partial charge >= 0.3 is 0 Å². The van der Waals surface area contributed by atoms with Crippen molar-refractivity contribution in [3.63, 3.8) is 0 Å². The molecule has 0 bridgehead atoms. The summed E-state index contributed by atoms with van der Waals surface area (Å²) < 4.78 is 16.4. The van der Waals surface area contributed by atoms with E-state index in [0.717, 1.165) is 48.9 Å². The van der Waals surface area contributed by atoms with Crippen LogP contribution in [-0.4, -0.2) is 73.1 Å². The molecule has 0 spiro atoms. The molecule has 5 heterocycles. The Morgan fingerprint density at radius 3 is 2.68 bits per heavy atom. The van der Waals surface area contributed by atoms with Gasteiger partial charge in [-0.1, -0.05) is 6.07 Å². The van der Waals surface area contributed by atoms with Gasteiger partial charge in [0.2, 0.25) is 0 Å². The summed E-state index contributed by atoms with van der Waals surface area (Å²) in [5, 5.41) is 12.0. The fourth-order valence-corrected chi connectivity index (χ4v) is 4.19. The van der Waals surface area contributed by atoms with Crippen molar-refractivity contribution in [2.75, 3.05) is 38.1 Å². The molecular formula is C24H22FN9. The second kappa shape index (κ2) is 8.31. The molecule has 5 aromatic rings. The van der Waals surface area contributed by atoms with Crippen molar-refractivity contribution in [2.24, 2.45) is 0 Å². The number of aromatic nitrogens is 7. The van der Waals surface area contributed by atoms with E-state index in [9.17, 15) is 4.39 Å². The summed E-state index contributed by atoms with van der Waals surface area (Å²) >= 11 is 0. The molecule has 1 aliphatic heterocycles. The second-order valence-electron chi connectivity index (χ2n) is 8.34. The first-order valence-electron chi connectivity index (χ1n) is 11.1. The Kier molecular flexibility index (Phi) is 4.99. The minimum absolute atomic E-state index is 0.296. The Morgan fingerprint density at radius 2 is 1.79 bits per heavy atom. The summed E-state index contributed by atoms with van der Waals surface area (Å²) in [4.78, 5) is 18.4. The molecule has 9 nitrogen and oxygen atoms in total. The summed E-state index contributed by atoms with van der Waals surface area (Å²) in [7, 11) is 2.13. The van der Waals surface area contributed by atoms with Crippen LogP contribution in [0.25, 0.3) is 39.4 Å². The zero-order valence-electron chi connectivity index (χ0n) is 18.6. The van der Waals surface area contributed by atoms with E-state index in [2.05, 4.69) is 42.1 Å². The first kappa shape index (κ1) is 20.4. The first-order chi connectivity index (χ1) is 16.7. The molecule has 0 radical (unpaired) electrons. The molecule has 1 fully saturated rings. The van der Waals surface area contributed by atoms with Crippen LogP contribution in [0.4, 0.5) is 10.2 Å². The number of piperazine rings is 1. The molecule has 34 heavy (non-hydrogen) atoms. The van der Waals surface area contributed by atoms with Crippen LogP contribution < -0.4 is 4.90 Å². The van der Waals surface area contributed by atoms with Gasteiger partial charge in [-0.25, -0.2) is 24.0 Å². The van der Waals surface area contributed by atoms with Crippen LogP contribution in [0.3, 0.4) is 0 Å². The number of hydrogen-bond donors (Lipinski definition) is 1. The lowest BCUT2D eigenvalue weighted by Gasteiger charge is -2.33. The lowest BCUT2D eigenvalue weighted by atomic mass is 10.1. The van der Waals surface area contributed by atoms with Gasteiger partial charge in [-0.3, -0.25) is 5.10 Å². The van der Waals surface area contributed by atoms with Gasteiger partial charge in [0.25, 0.3) is 0 Å². The number of halogens is 1. The van der Waals surface area contributed by atoms with Crippen LogP contribution in [0.15, 0.2) is 61.2 Å². The summed E-state index contributed by atoms with van der Waals surface area (Å²) in [5.74, 6) is 1.57. The number of aromatic amines is 1. The highest BCUT2D eigenvalue weighted by molar-refractivity contribution is 5.92. The Morgan fingerprint density at radius 1 is 0.941 bits per heavy atom. The molecule has 0 aliphatic carbocycles. The molecule has 0 amide bonds. The van der Waals surface area contributed by atoms with Crippen molar-refractivity contribution in [3.8, 4) is 28.5 Å². The van der Waals surface area contributed by atoms with Gasteiger partial charge in [0.1, 0.15) is 11.6 Å². The average molecular weight is 456 g/mol. The molecular weight excluding hydrogens is 433 g/mol. The van der Waals surface area contributed by atoms with Crippen molar-refractivity contribution >= 4 is 16.7 Å². The number of fused-ring (bicyclic) bond motifs is 1. The van der Waals surface area contributed by atoms with Gasteiger partial charge in [0, 0.05) is 49.5 Å². The molecule has 170 valence electrons. The molecule has 10 heteroatoms. The largest absolute Gasteiger partial charge is 0.354 e. The SMILES string of the molecule is CN1CCN(c2cccc(-n3cc(-c4ccnc(-c5c(F)ccc6[nH]ncc56)n4)cn3)n2)CC1. The van der Waals surface area contributed by atoms with Crippen molar-refractivity contribution in [2.45, 2.75) is 0 Å². The van der Waals surface area contributed by atoms with Crippen LogP contribution >= 0.6 is 0 Å². The number of hydrogen-bond acceptors (Lipinski definition) is 7. The normalized spacial score (nSPS) is 14.7. The maximum Gasteiger partial charge on any atom is 0.163 e. The van der Waals surface area contributed by atoms with Gasteiger partial charge in [-0.05, 0) is 37.4 Å². The van der Waals surface area contributed by atoms with E-state index < -0.39 is 5.82 Å². The van der Waals surface area contributed by atoms with E-state index in [1.54, 1.807) is 35.4 Å². The van der Waals surface area contributed by atoms with Crippen molar-refractivity contribution < 1.29 is 4.39 Å². The lowest BCUT2D eigenvalue weighted by Crippen LogP contribution is -2.44. The molecule has 1 saturated heterocycles. The smallest absolute Gasteiger partial charge is 0.163 e. The average Bonchev–Trinajstić information content (AvgIpc) is 3.55. The number of benzene rings is 1. The maximum absolute atomic E-state index is 14.7. The molecule has 1 aliphatic rings. The van der Waals surface area contributed by atoms with E-state index >= 15 is 0 Å². The quantitative estimate of drug-likeness (QED) is 0.445. The van der Waals surface area contributed by atoms with E-state index in [4.69, 9.17) is 4.98 Å². The number of likely N-dealkylation sites (N-methyl/N-ethyl adjacent to an activating group) is 1. The van der Waals surface area contributed by atoms with Crippen LogP contribution in [0.1, 0.15) is 0 Å². The minimum atomic E-state index is -0.397. The molecule has 1 aromatic carbocycles. The fraction of sp³-hybridized carbons (Fsp3) is 0.208. The van der Waals surface area contributed by atoms with Gasteiger partial charge in [0.05, 0.1) is 29.2 Å². The summed E-state index contributed by atoms with van der Waals surface area (Å²) in [6.07, 6.45) is 6.81. The maximum atomic E-state index is 14.7. The van der Waals surface area contributed by atoms with Crippen LogP contribution in [0.2, 0.25) is 0 Å². The Labute approximate surface area is 194 Å². The summed E-state index contributed by atoms with van der Waals surface area (Å²) in [6, 6.07) is 10.8. The Balaban J connectivity index is 1.32. The standard InChI is InChI=1S/C24H22FN9/c1-32-9-11-33(12-10-32)21-3-2-4-22(30-21)34-15-16(13-28-34)19-7-8-26-24(29-19)23-17-14-27-31-20(17)6-5-18(23)25/h2-8,13-15H,9-12H2,1H3,(H,27,31). The monoisotopic (exact) mass is 455 g/mol. The lowest BCUT2D eigenvalue weighted by molar-refractivity contribution is 0.312. The molecule has 4 aromatic heterocycles. The zero-order valence-corrected chi connectivity index (χ0v) is 18.6. The predicted molar refractivity (Wildman–Crippen MR) is 127 cm³/mol. The first-order valence-corrected chi connectivity index (χ1v) is 11.1. The molecule has 0 unspecified atom stereocenters. The molecule has 6 rings (SSSR count). The number of rotatable bonds is 4. The predicted octanol–water partition coefficient (Wildman–Crippen LogP) is 3.16. The van der Waals surface area contributed by atoms with Gasteiger partial charge in [-0.2, -0.15) is 10.2 Å². The zero-order chi connectivity index (χ0) is 23.1. The number of anilines is 1. The van der Waals surface area contributed by atoms with Crippen molar-refractivity contribution in [1.29, 1.82) is 0 Å². The number of H-pyrrole nitrogens is 1. The number of nitrogens with one attached hydrogen (secondary N) is 1. The highest BCUT2D eigenvalue weighted by atomic mass is 19.1. The summed E-state index contributed by atoms with van der Waals surface area (Å²) in [6.45, 7) is 3.92. The van der Waals surface area contributed by atoms with E-state index in [0.29, 0.717) is 22.5 Å². The van der Waals surface area contributed by atoms with Crippen LogP contribution in [-0.2, 0) is 0 Å². The molecule has 0 atom stereocenters. The van der Waals surface area contributed by atoms with Crippen LogP contribution in [0.5, 0.6) is 0 Å². The van der Waals surface area contributed by atoms with E-state index in [-0.39, 0.29) is 0 Å². The molecule has 0 saturated carbocycles. The van der Waals surface area contributed by atoms with E-state index in [1.165, 1.54) is 6.07 Å².